The summed E-state index contributed by atoms with van der Waals surface area (Å²) in [6.45, 7) is 5.46. The molecule has 1 aliphatic carbocycles. The van der Waals surface area contributed by atoms with Crippen molar-refractivity contribution >= 4 is 0 Å². The summed E-state index contributed by atoms with van der Waals surface area (Å²) >= 11 is 0. The molecule has 3 nitrogen and oxygen atoms in total. The predicted octanol–water partition coefficient (Wildman–Crippen LogP) is 3.38. The molecular formula is C15H28N2O. The van der Waals surface area contributed by atoms with E-state index in [9.17, 15) is 0 Å². The maximum Gasteiger partial charge on any atom is 0.0683 e. The Morgan fingerprint density at radius 2 is 1.89 bits per heavy atom. The van der Waals surface area contributed by atoms with E-state index in [0.29, 0.717) is 6.61 Å². The molecule has 1 aliphatic rings. The molecule has 0 aromatic carbocycles. The van der Waals surface area contributed by atoms with Crippen molar-refractivity contribution in [1.29, 1.82) is 5.26 Å². The number of ether oxygens (including phenoxy) is 1. The van der Waals surface area contributed by atoms with Crippen molar-refractivity contribution in [3.63, 3.8) is 0 Å². The summed E-state index contributed by atoms with van der Waals surface area (Å²) in [4.78, 5) is 0. The third-order valence-electron chi connectivity index (χ3n) is 3.88. The van der Waals surface area contributed by atoms with Crippen molar-refractivity contribution in [3.05, 3.63) is 0 Å². The topological polar surface area (TPSA) is 59.0 Å². The first-order valence-electron chi connectivity index (χ1n) is 7.25. The molecule has 3 heteroatoms. The molecule has 0 aromatic heterocycles. The Morgan fingerprint density at radius 1 is 1.22 bits per heavy atom. The van der Waals surface area contributed by atoms with E-state index in [4.69, 9.17) is 15.7 Å². The van der Waals surface area contributed by atoms with E-state index in [1.54, 1.807) is 0 Å². The van der Waals surface area contributed by atoms with Crippen molar-refractivity contribution in [2.45, 2.75) is 70.8 Å². The lowest BCUT2D eigenvalue weighted by Crippen LogP contribution is -2.46. The lowest BCUT2D eigenvalue weighted by Gasteiger charge is -2.33. The molecule has 0 spiro atoms. The van der Waals surface area contributed by atoms with Gasteiger partial charge in [-0.15, -0.1) is 0 Å². The van der Waals surface area contributed by atoms with E-state index < -0.39 is 0 Å². The smallest absolute Gasteiger partial charge is 0.0683 e. The van der Waals surface area contributed by atoms with E-state index in [1.807, 2.05) is 13.8 Å². The van der Waals surface area contributed by atoms with Crippen LogP contribution in [0.4, 0.5) is 0 Å². The zero-order chi connectivity index (χ0) is 13.5. The summed E-state index contributed by atoms with van der Waals surface area (Å²) in [6, 6.07) is 2.33. The van der Waals surface area contributed by atoms with Crippen LogP contribution < -0.4 is 5.73 Å². The molecule has 0 aromatic rings. The number of nitrogens with zero attached hydrogens (tertiary/aromatic N) is 1. The van der Waals surface area contributed by atoms with Crippen LogP contribution in [0.15, 0.2) is 0 Å². The fourth-order valence-electron chi connectivity index (χ4n) is 2.50. The number of rotatable bonds is 7. The first-order valence-corrected chi connectivity index (χ1v) is 7.25. The molecule has 18 heavy (non-hydrogen) atoms. The van der Waals surface area contributed by atoms with Crippen LogP contribution in [-0.2, 0) is 4.74 Å². The minimum absolute atomic E-state index is 0.0653. The number of nitrogens with two attached hydrogens (primary N) is 1. The van der Waals surface area contributed by atoms with Crippen molar-refractivity contribution in [2.24, 2.45) is 11.1 Å². The van der Waals surface area contributed by atoms with E-state index in [1.165, 1.54) is 19.3 Å². The van der Waals surface area contributed by atoms with Crippen LogP contribution in [0.25, 0.3) is 0 Å². The average molecular weight is 252 g/mol. The van der Waals surface area contributed by atoms with Crippen molar-refractivity contribution < 1.29 is 4.74 Å². The maximum atomic E-state index is 8.90. The summed E-state index contributed by atoms with van der Waals surface area (Å²) in [5.74, 6) is 0. The Morgan fingerprint density at radius 3 is 2.50 bits per heavy atom. The van der Waals surface area contributed by atoms with Gasteiger partial charge < -0.3 is 10.5 Å². The van der Waals surface area contributed by atoms with Gasteiger partial charge in [0.25, 0.3) is 0 Å². The Hall–Kier alpha value is -0.590. The van der Waals surface area contributed by atoms with E-state index in [-0.39, 0.29) is 11.0 Å². The maximum absolute atomic E-state index is 8.90. The van der Waals surface area contributed by atoms with Crippen LogP contribution >= 0.6 is 0 Å². The molecule has 0 amide bonds. The third-order valence-corrected chi connectivity index (χ3v) is 3.88. The standard InChI is InChI=1S/C15H28N2O/c1-14(2,12-16)8-6-7-11-18-13-15(17)9-4-3-5-10-15/h3-11,13,17H2,1-2H3. The second-order valence-electron chi connectivity index (χ2n) is 6.43. The second kappa shape index (κ2) is 7.11. The molecule has 2 N–H and O–H groups in total. The highest BCUT2D eigenvalue weighted by atomic mass is 16.5. The van der Waals surface area contributed by atoms with Crippen molar-refractivity contribution in [2.75, 3.05) is 13.2 Å². The van der Waals surface area contributed by atoms with Gasteiger partial charge in [0.2, 0.25) is 0 Å². The lowest BCUT2D eigenvalue weighted by molar-refractivity contribution is 0.0649. The van der Waals surface area contributed by atoms with Gasteiger partial charge in [0, 0.05) is 12.1 Å². The Bertz CT molecular complexity index is 275. The molecule has 104 valence electrons. The molecule has 1 fully saturated rings. The highest BCUT2D eigenvalue weighted by Crippen LogP contribution is 2.26. The molecule has 0 heterocycles. The first kappa shape index (κ1) is 15.5. The van der Waals surface area contributed by atoms with Crippen LogP contribution in [0.5, 0.6) is 0 Å². The van der Waals surface area contributed by atoms with Crippen molar-refractivity contribution in [3.8, 4) is 6.07 Å². The number of hydrogen-bond acceptors (Lipinski definition) is 3. The van der Waals surface area contributed by atoms with E-state index >= 15 is 0 Å². The monoisotopic (exact) mass is 252 g/mol. The van der Waals surface area contributed by atoms with Gasteiger partial charge in [0.05, 0.1) is 18.1 Å². The molecule has 0 saturated heterocycles. The molecule has 0 aliphatic heterocycles. The minimum Gasteiger partial charge on any atom is -0.380 e. The molecule has 1 rings (SSSR count). The van der Waals surface area contributed by atoms with Crippen LogP contribution in [0, 0.1) is 16.7 Å². The van der Waals surface area contributed by atoms with Gasteiger partial charge >= 0.3 is 0 Å². The molecule has 0 radical (unpaired) electrons. The van der Waals surface area contributed by atoms with Gasteiger partial charge in [-0.3, -0.25) is 0 Å². The largest absolute Gasteiger partial charge is 0.380 e. The first-order chi connectivity index (χ1) is 8.47. The summed E-state index contributed by atoms with van der Waals surface area (Å²) in [5.41, 5.74) is 6.04. The van der Waals surface area contributed by atoms with Gasteiger partial charge in [0.1, 0.15) is 0 Å². The highest BCUT2D eigenvalue weighted by molar-refractivity contribution is 4.91. The fraction of sp³-hybridized carbons (Fsp3) is 0.933. The SMILES string of the molecule is CC(C)(C#N)CCCCOCC1(N)CCCCC1. The van der Waals surface area contributed by atoms with Gasteiger partial charge in [-0.25, -0.2) is 0 Å². The number of unbranched alkanes of at least 4 members (excludes halogenated alkanes) is 1. The highest BCUT2D eigenvalue weighted by Gasteiger charge is 2.27. The summed E-state index contributed by atoms with van der Waals surface area (Å²) < 4.78 is 5.72. The Balaban J connectivity index is 2.03. The molecule has 0 atom stereocenters. The van der Waals surface area contributed by atoms with E-state index in [0.717, 1.165) is 38.7 Å². The Kier molecular flexibility index (Phi) is 6.11. The fourth-order valence-corrected chi connectivity index (χ4v) is 2.50. The zero-order valence-corrected chi connectivity index (χ0v) is 12.0. The van der Waals surface area contributed by atoms with E-state index in [2.05, 4.69) is 6.07 Å². The van der Waals surface area contributed by atoms with Crippen LogP contribution in [-0.4, -0.2) is 18.8 Å². The number of nitriles is 1. The number of hydrogen-bond donors (Lipinski definition) is 1. The zero-order valence-electron chi connectivity index (χ0n) is 12.0. The summed E-state index contributed by atoms with van der Waals surface area (Å²) in [7, 11) is 0. The Labute approximate surface area is 112 Å². The lowest BCUT2D eigenvalue weighted by atomic mass is 9.83. The third kappa shape index (κ3) is 5.84. The van der Waals surface area contributed by atoms with Crippen LogP contribution in [0.3, 0.4) is 0 Å². The van der Waals surface area contributed by atoms with Crippen LogP contribution in [0.1, 0.15) is 65.2 Å². The van der Waals surface area contributed by atoms with Gasteiger partial charge in [0.15, 0.2) is 0 Å². The minimum atomic E-state index is -0.196. The molecular weight excluding hydrogens is 224 g/mol. The van der Waals surface area contributed by atoms with Crippen molar-refractivity contribution in [1.82, 2.24) is 0 Å². The average Bonchev–Trinajstić information content (AvgIpc) is 2.34. The van der Waals surface area contributed by atoms with Crippen LogP contribution in [0.2, 0.25) is 0 Å². The molecule has 0 unspecified atom stereocenters. The summed E-state index contributed by atoms with van der Waals surface area (Å²) in [6.07, 6.45) is 9.05. The quantitative estimate of drug-likeness (QED) is 0.707. The normalized spacial score (nSPS) is 19.4. The molecule has 1 saturated carbocycles. The summed E-state index contributed by atoms with van der Waals surface area (Å²) in [5, 5.41) is 8.90. The predicted molar refractivity (Wildman–Crippen MR) is 74.1 cm³/mol. The second-order valence-corrected chi connectivity index (χ2v) is 6.43. The van der Waals surface area contributed by atoms with Gasteiger partial charge in [-0.1, -0.05) is 19.3 Å². The molecule has 0 bridgehead atoms. The van der Waals surface area contributed by atoms with Gasteiger partial charge in [-0.2, -0.15) is 5.26 Å². The van der Waals surface area contributed by atoms with Gasteiger partial charge in [-0.05, 0) is 46.0 Å².